The second kappa shape index (κ2) is 9.28. The molecule has 0 bridgehead atoms. The lowest BCUT2D eigenvalue weighted by molar-refractivity contribution is 1.24. The van der Waals surface area contributed by atoms with Crippen LogP contribution < -0.4 is 4.90 Å². The molecule has 160 valence electrons. The van der Waals surface area contributed by atoms with E-state index in [4.69, 9.17) is 0 Å². The van der Waals surface area contributed by atoms with E-state index < -0.39 is 0 Å². The highest BCUT2D eigenvalue weighted by atomic mass is 15.1. The topological polar surface area (TPSA) is 3.24 Å². The third-order valence-electron chi connectivity index (χ3n) is 5.93. The van der Waals surface area contributed by atoms with Crippen molar-refractivity contribution in [2.75, 3.05) is 4.90 Å². The summed E-state index contributed by atoms with van der Waals surface area (Å²) in [6, 6.07) is 30.8. The fourth-order valence-corrected chi connectivity index (χ4v) is 4.05. The summed E-state index contributed by atoms with van der Waals surface area (Å²) in [5.74, 6) is 0. The van der Waals surface area contributed by atoms with Crippen LogP contribution in [0.25, 0.3) is 12.2 Å². The minimum atomic E-state index is 1.17. The van der Waals surface area contributed by atoms with Crippen molar-refractivity contribution in [1.29, 1.82) is 0 Å². The first-order chi connectivity index (χ1) is 15.4. The number of hydrogen-bond donors (Lipinski definition) is 0. The molecule has 0 aromatic heterocycles. The van der Waals surface area contributed by atoms with Gasteiger partial charge in [-0.1, -0.05) is 77.4 Å². The van der Waals surface area contributed by atoms with Crippen LogP contribution in [0.5, 0.6) is 0 Å². The molecule has 0 spiro atoms. The quantitative estimate of drug-likeness (QED) is 0.293. The van der Waals surface area contributed by atoms with Crippen LogP contribution in [-0.4, -0.2) is 0 Å². The van der Waals surface area contributed by atoms with Crippen LogP contribution in [0.4, 0.5) is 17.1 Å². The van der Waals surface area contributed by atoms with Crippen molar-refractivity contribution in [2.45, 2.75) is 34.6 Å². The number of anilines is 3. The lowest BCUT2D eigenvalue weighted by atomic mass is 10.0. The number of aryl methyl sites for hydroxylation is 5. The predicted molar refractivity (Wildman–Crippen MR) is 140 cm³/mol. The number of hydrogen-bond acceptors (Lipinski definition) is 1. The Hall–Kier alpha value is -3.58. The van der Waals surface area contributed by atoms with E-state index in [0.29, 0.717) is 0 Å². The Kier molecular flexibility index (Phi) is 6.28. The van der Waals surface area contributed by atoms with Crippen LogP contribution in [-0.2, 0) is 0 Å². The van der Waals surface area contributed by atoms with Crippen molar-refractivity contribution in [3.63, 3.8) is 0 Å². The molecule has 0 heterocycles. The van der Waals surface area contributed by atoms with Gasteiger partial charge < -0.3 is 4.90 Å². The number of benzene rings is 4. The Bertz CT molecular complexity index is 1200. The van der Waals surface area contributed by atoms with Gasteiger partial charge in [-0.2, -0.15) is 0 Å². The minimum absolute atomic E-state index is 1.17. The average molecular weight is 418 g/mol. The van der Waals surface area contributed by atoms with Gasteiger partial charge in [0, 0.05) is 17.1 Å². The molecule has 0 unspecified atom stereocenters. The first-order valence-electron chi connectivity index (χ1n) is 11.2. The first kappa shape index (κ1) is 21.6. The van der Waals surface area contributed by atoms with Crippen molar-refractivity contribution < 1.29 is 0 Å². The molecule has 1 nitrogen and oxygen atoms in total. The molecule has 0 atom stereocenters. The highest BCUT2D eigenvalue weighted by Crippen LogP contribution is 2.37. The van der Waals surface area contributed by atoms with Gasteiger partial charge in [0.1, 0.15) is 0 Å². The summed E-state index contributed by atoms with van der Waals surface area (Å²) < 4.78 is 0. The zero-order chi connectivity index (χ0) is 22.7. The molecule has 0 aliphatic rings. The Labute approximate surface area is 192 Å². The van der Waals surface area contributed by atoms with Crippen molar-refractivity contribution in [3.05, 3.63) is 124 Å². The van der Waals surface area contributed by atoms with Crippen LogP contribution in [0, 0.1) is 34.6 Å². The van der Waals surface area contributed by atoms with E-state index in [0.717, 1.165) is 0 Å². The first-order valence-corrected chi connectivity index (χ1v) is 11.2. The van der Waals surface area contributed by atoms with Gasteiger partial charge in [0.05, 0.1) is 0 Å². The Balaban J connectivity index is 1.71. The Morgan fingerprint density at radius 2 is 1.06 bits per heavy atom. The molecule has 0 amide bonds. The summed E-state index contributed by atoms with van der Waals surface area (Å²) in [6.07, 6.45) is 4.41. The summed E-state index contributed by atoms with van der Waals surface area (Å²) >= 11 is 0. The van der Waals surface area contributed by atoms with Gasteiger partial charge in [-0.05, 0) is 93.3 Å². The molecule has 0 N–H and O–H groups in total. The number of rotatable bonds is 5. The molecule has 32 heavy (non-hydrogen) atoms. The van der Waals surface area contributed by atoms with E-state index in [9.17, 15) is 0 Å². The van der Waals surface area contributed by atoms with Gasteiger partial charge in [-0.25, -0.2) is 0 Å². The van der Waals surface area contributed by atoms with E-state index in [1.54, 1.807) is 0 Å². The SMILES string of the molecule is Cc1ccc(N(c2ccc(C)cc2)c2ccc(/C=C/c3ccc(C)cc3C)cc2C)cc1. The molecule has 4 aromatic carbocycles. The van der Waals surface area contributed by atoms with Gasteiger partial charge >= 0.3 is 0 Å². The van der Waals surface area contributed by atoms with E-state index in [1.807, 2.05) is 0 Å². The van der Waals surface area contributed by atoms with Crippen LogP contribution >= 0.6 is 0 Å². The normalized spacial score (nSPS) is 11.2. The fraction of sp³-hybridized carbons (Fsp3) is 0.161. The molecular formula is C31H31N. The zero-order valence-corrected chi connectivity index (χ0v) is 19.7. The highest BCUT2D eigenvalue weighted by molar-refractivity contribution is 5.80. The minimum Gasteiger partial charge on any atom is -0.310 e. The van der Waals surface area contributed by atoms with Crippen molar-refractivity contribution >= 4 is 29.2 Å². The van der Waals surface area contributed by atoms with E-state index >= 15 is 0 Å². The Morgan fingerprint density at radius 1 is 0.500 bits per heavy atom. The molecule has 1 heteroatoms. The van der Waals surface area contributed by atoms with E-state index in [1.165, 1.54) is 56.0 Å². The third kappa shape index (κ3) is 4.84. The second-order valence-corrected chi connectivity index (χ2v) is 8.75. The van der Waals surface area contributed by atoms with Gasteiger partial charge in [-0.15, -0.1) is 0 Å². The lowest BCUT2D eigenvalue weighted by Crippen LogP contribution is -2.11. The molecule has 0 aliphatic carbocycles. The van der Waals surface area contributed by atoms with Gasteiger partial charge in [0.2, 0.25) is 0 Å². The molecule has 0 saturated heterocycles. The molecule has 0 radical (unpaired) electrons. The molecule has 0 saturated carbocycles. The molecular weight excluding hydrogens is 386 g/mol. The van der Waals surface area contributed by atoms with Crippen LogP contribution in [0.15, 0.2) is 84.9 Å². The summed E-state index contributed by atoms with van der Waals surface area (Å²) in [7, 11) is 0. The second-order valence-electron chi connectivity index (χ2n) is 8.75. The van der Waals surface area contributed by atoms with Gasteiger partial charge in [-0.3, -0.25) is 0 Å². The van der Waals surface area contributed by atoms with E-state index in [2.05, 4.69) is 137 Å². The molecule has 4 rings (SSSR count). The predicted octanol–water partition coefficient (Wildman–Crippen LogP) is 8.87. The highest BCUT2D eigenvalue weighted by Gasteiger charge is 2.14. The fourth-order valence-electron chi connectivity index (χ4n) is 4.05. The van der Waals surface area contributed by atoms with Crippen molar-refractivity contribution in [1.82, 2.24) is 0 Å². The third-order valence-corrected chi connectivity index (χ3v) is 5.93. The van der Waals surface area contributed by atoms with Crippen LogP contribution in [0.3, 0.4) is 0 Å². The van der Waals surface area contributed by atoms with Crippen LogP contribution in [0.2, 0.25) is 0 Å². The largest absolute Gasteiger partial charge is 0.310 e. The molecule has 4 aromatic rings. The summed E-state index contributed by atoms with van der Waals surface area (Å²) in [6.45, 7) is 10.8. The standard InChI is InChI=1S/C31H31N/c1-22-7-15-29(16-8-22)32(30-17-9-23(2)10-18-30)31-19-12-27(21-26(31)5)11-14-28-13-6-24(3)20-25(28)4/h6-21H,1-5H3/b14-11+. The maximum Gasteiger partial charge on any atom is 0.0491 e. The monoisotopic (exact) mass is 417 g/mol. The van der Waals surface area contributed by atoms with Crippen molar-refractivity contribution in [3.8, 4) is 0 Å². The molecule has 0 fully saturated rings. The Morgan fingerprint density at radius 3 is 1.59 bits per heavy atom. The smallest absolute Gasteiger partial charge is 0.0491 e. The van der Waals surface area contributed by atoms with E-state index in [-0.39, 0.29) is 0 Å². The van der Waals surface area contributed by atoms with Crippen molar-refractivity contribution in [2.24, 2.45) is 0 Å². The zero-order valence-electron chi connectivity index (χ0n) is 19.7. The average Bonchev–Trinajstić information content (AvgIpc) is 2.77. The van der Waals surface area contributed by atoms with Gasteiger partial charge in [0.25, 0.3) is 0 Å². The summed E-state index contributed by atoms with van der Waals surface area (Å²) in [4.78, 5) is 2.34. The van der Waals surface area contributed by atoms with Gasteiger partial charge in [0.15, 0.2) is 0 Å². The maximum atomic E-state index is 2.34. The number of nitrogens with zero attached hydrogens (tertiary/aromatic N) is 1. The van der Waals surface area contributed by atoms with Crippen LogP contribution in [0.1, 0.15) is 38.9 Å². The summed E-state index contributed by atoms with van der Waals surface area (Å²) in [5, 5.41) is 0. The maximum absolute atomic E-state index is 2.34. The molecule has 0 aliphatic heterocycles. The summed E-state index contributed by atoms with van der Waals surface area (Å²) in [5.41, 5.74) is 12.4. The lowest BCUT2D eigenvalue weighted by Gasteiger charge is -2.27.